The first-order chi connectivity index (χ1) is 24.7. The molecule has 0 heterocycles. The average molecular weight is 731 g/mol. The second-order valence-corrected chi connectivity index (χ2v) is 10.7. The molecule has 0 aromatic rings. The Balaban J connectivity index is 4.58. The van der Waals surface area contributed by atoms with Crippen molar-refractivity contribution in [2.45, 2.75) is 26.2 Å². The molecule has 17 nitrogen and oxygen atoms in total. The van der Waals surface area contributed by atoms with Gasteiger partial charge >= 0.3 is 23.9 Å². The molecule has 0 aromatic heterocycles. The molecule has 0 atom stereocenters. The zero-order valence-electron chi connectivity index (χ0n) is 30.0. The molecule has 0 rings (SSSR count). The number of methoxy groups -OCH3 is 1. The number of hydrogen-bond acceptors (Lipinski definition) is 17. The largest absolute Gasteiger partial charge is 0.463 e. The van der Waals surface area contributed by atoms with Crippen LogP contribution >= 0.6 is 0 Å². The summed E-state index contributed by atoms with van der Waals surface area (Å²) in [5, 5.41) is 37.5. The van der Waals surface area contributed by atoms with E-state index in [1.165, 1.54) is 56.2 Å². The van der Waals surface area contributed by atoms with Crippen molar-refractivity contribution in [1.29, 1.82) is 0 Å². The van der Waals surface area contributed by atoms with Crippen molar-refractivity contribution in [3.8, 4) is 0 Å². The number of unbranched alkanes of at least 4 members (excludes halogenated alkanes) is 1. The highest BCUT2D eigenvalue weighted by atomic mass is 16.6. The number of carbonyl (C=O) groups is 4. The highest BCUT2D eigenvalue weighted by Gasteiger charge is 2.08. The minimum Gasteiger partial charge on any atom is -0.463 e. The number of aliphatic hydroxyl groups is 4. The van der Waals surface area contributed by atoms with Crippen LogP contribution in [0.1, 0.15) is 26.2 Å². The van der Waals surface area contributed by atoms with Gasteiger partial charge in [0, 0.05) is 109 Å². The molecule has 0 aliphatic heterocycles. The Labute approximate surface area is 300 Å². The summed E-state index contributed by atoms with van der Waals surface area (Å²) in [6.45, 7) is 4.84. The van der Waals surface area contributed by atoms with Crippen molar-refractivity contribution < 1.29 is 63.3 Å². The highest BCUT2D eigenvalue weighted by molar-refractivity contribution is 5.82. The predicted molar refractivity (Wildman–Crippen MR) is 186 cm³/mol. The Bertz CT molecular complexity index is 1060. The van der Waals surface area contributed by atoms with Crippen molar-refractivity contribution in [2.24, 2.45) is 0 Å². The summed E-state index contributed by atoms with van der Waals surface area (Å²) in [6, 6.07) is 0. The van der Waals surface area contributed by atoms with Gasteiger partial charge in [0.15, 0.2) is 0 Å². The molecular weight excluding hydrogens is 672 g/mol. The van der Waals surface area contributed by atoms with Crippen molar-refractivity contribution in [3.63, 3.8) is 0 Å². The lowest BCUT2D eigenvalue weighted by molar-refractivity contribution is -0.140. The van der Waals surface area contributed by atoms with E-state index in [-0.39, 0.29) is 79.0 Å². The van der Waals surface area contributed by atoms with Gasteiger partial charge in [0.1, 0.15) is 6.61 Å². The van der Waals surface area contributed by atoms with Gasteiger partial charge in [0.25, 0.3) is 0 Å². The second-order valence-electron chi connectivity index (χ2n) is 10.7. The zero-order chi connectivity index (χ0) is 38.0. The fraction of sp³-hybridized carbons (Fsp3) is 0.647. The molecule has 51 heavy (non-hydrogen) atoms. The van der Waals surface area contributed by atoms with E-state index in [0.29, 0.717) is 52.0 Å². The third-order valence-corrected chi connectivity index (χ3v) is 6.59. The molecule has 4 N–H and O–H groups in total. The topological polar surface area (TPSA) is 208 Å². The third kappa shape index (κ3) is 28.3. The number of nitrogens with zero attached hydrogens (tertiary/aromatic N) is 4. The molecule has 0 spiro atoms. The fourth-order valence-corrected chi connectivity index (χ4v) is 3.91. The molecule has 0 fully saturated rings. The van der Waals surface area contributed by atoms with Gasteiger partial charge < -0.3 is 63.7 Å². The van der Waals surface area contributed by atoms with Gasteiger partial charge in [0.2, 0.25) is 0 Å². The quantitative estimate of drug-likeness (QED) is 0.0290. The van der Waals surface area contributed by atoms with Crippen LogP contribution in [0.2, 0.25) is 0 Å². The fourth-order valence-electron chi connectivity index (χ4n) is 3.91. The van der Waals surface area contributed by atoms with E-state index in [4.69, 9.17) is 23.7 Å². The van der Waals surface area contributed by atoms with Crippen LogP contribution in [0.15, 0.2) is 49.1 Å². The monoisotopic (exact) mass is 730 g/mol. The lowest BCUT2D eigenvalue weighted by Gasteiger charge is -2.25. The normalized spacial score (nSPS) is 11.4. The smallest absolute Gasteiger partial charge is 0.332 e. The number of esters is 4. The van der Waals surface area contributed by atoms with E-state index >= 15 is 0 Å². The summed E-state index contributed by atoms with van der Waals surface area (Å²) < 4.78 is 25.2. The van der Waals surface area contributed by atoms with E-state index in [2.05, 4.69) is 0 Å². The number of aliphatic hydroxyl groups excluding tert-OH is 4. The van der Waals surface area contributed by atoms with Crippen molar-refractivity contribution >= 4 is 23.9 Å². The maximum Gasteiger partial charge on any atom is 0.332 e. The first-order valence-corrected chi connectivity index (χ1v) is 17.0. The minimum absolute atomic E-state index is 0.103. The van der Waals surface area contributed by atoms with Crippen molar-refractivity contribution in [2.75, 3.05) is 119 Å². The van der Waals surface area contributed by atoms with Gasteiger partial charge in [-0.3, -0.25) is 0 Å². The van der Waals surface area contributed by atoms with Gasteiger partial charge in [-0.15, -0.1) is 0 Å². The van der Waals surface area contributed by atoms with Gasteiger partial charge in [0.05, 0.1) is 52.9 Å². The van der Waals surface area contributed by atoms with E-state index in [9.17, 15) is 39.6 Å². The summed E-state index contributed by atoms with van der Waals surface area (Å²) >= 11 is 0. The summed E-state index contributed by atoms with van der Waals surface area (Å²) in [7, 11) is 1.50. The molecule has 0 aliphatic carbocycles. The SMILES string of the molecule is CCCOC(=O)/C=C/N(CCO)CCN(/C=C/C(=O)OCCCCOC(=O)/C=C/N(CCO)CCN(/C=C/C(=O)OCCOC)CCO)CCO. The molecule has 0 unspecified atom stereocenters. The average Bonchev–Trinajstić information content (AvgIpc) is 3.12. The standard InChI is InChI=1S/C34H58N4O13/c1-3-26-48-31(43)6-10-35(18-22-39)14-15-36(19-23-40)11-7-32(44)49-27-4-5-28-50-33(45)8-12-37(20-24-41)16-17-38(21-25-42)13-9-34(46)51-30-29-47-2/h6-13,39-42H,3-5,14-30H2,1-2H3/b10-6+,11-7+,12-8+,13-9+. The van der Waals surface area contributed by atoms with Crippen LogP contribution in [-0.2, 0) is 42.9 Å². The Kier molecular flexibility index (Phi) is 30.3. The Morgan fingerprint density at radius 1 is 0.451 bits per heavy atom. The lowest BCUT2D eigenvalue weighted by Crippen LogP contribution is -2.33. The summed E-state index contributed by atoms with van der Waals surface area (Å²) in [5.74, 6) is -2.19. The van der Waals surface area contributed by atoms with Crippen LogP contribution < -0.4 is 0 Å². The number of rotatable bonds is 32. The third-order valence-electron chi connectivity index (χ3n) is 6.59. The van der Waals surface area contributed by atoms with Crippen LogP contribution in [0.5, 0.6) is 0 Å². The number of ether oxygens (including phenoxy) is 5. The van der Waals surface area contributed by atoms with Gasteiger partial charge in [-0.05, 0) is 19.3 Å². The first-order valence-electron chi connectivity index (χ1n) is 17.0. The molecule has 0 aliphatic rings. The van der Waals surface area contributed by atoms with Crippen LogP contribution in [0.25, 0.3) is 0 Å². The first kappa shape index (κ1) is 46.8. The van der Waals surface area contributed by atoms with E-state index in [1.54, 1.807) is 19.6 Å². The molecule has 0 radical (unpaired) electrons. The highest BCUT2D eigenvalue weighted by Crippen LogP contribution is 2.00. The maximum absolute atomic E-state index is 12.2. The van der Waals surface area contributed by atoms with E-state index in [0.717, 1.165) is 0 Å². The van der Waals surface area contributed by atoms with Gasteiger partial charge in [-0.1, -0.05) is 6.92 Å². The van der Waals surface area contributed by atoms with Gasteiger partial charge in [-0.25, -0.2) is 19.2 Å². The maximum atomic E-state index is 12.2. The molecule has 17 heteroatoms. The summed E-state index contributed by atoms with van der Waals surface area (Å²) in [5.41, 5.74) is 0. The number of carbonyl (C=O) groups excluding carboxylic acids is 4. The van der Waals surface area contributed by atoms with Crippen LogP contribution in [0, 0.1) is 0 Å². The Morgan fingerprint density at radius 3 is 1.02 bits per heavy atom. The van der Waals surface area contributed by atoms with Gasteiger partial charge in [-0.2, -0.15) is 0 Å². The Hall–Kier alpha value is -4.16. The zero-order valence-corrected chi connectivity index (χ0v) is 30.0. The molecule has 0 saturated carbocycles. The van der Waals surface area contributed by atoms with Crippen molar-refractivity contribution in [1.82, 2.24) is 19.6 Å². The van der Waals surface area contributed by atoms with Crippen molar-refractivity contribution in [3.05, 3.63) is 49.1 Å². The molecule has 0 bridgehead atoms. The van der Waals surface area contributed by atoms with E-state index in [1.807, 2.05) is 6.92 Å². The predicted octanol–water partition coefficient (Wildman–Crippen LogP) is -0.772. The molecule has 0 aromatic carbocycles. The molecule has 292 valence electrons. The number of hydrogen-bond donors (Lipinski definition) is 4. The second kappa shape index (κ2) is 33.0. The summed E-state index contributed by atoms with van der Waals surface area (Å²) in [4.78, 5) is 54.7. The summed E-state index contributed by atoms with van der Waals surface area (Å²) in [6.07, 6.45) is 12.7. The van der Waals surface area contributed by atoms with Crippen LogP contribution in [-0.4, -0.2) is 183 Å². The molecule has 0 saturated heterocycles. The van der Waals surface area contributed by atoms with E-state index < -0.39 is 23.9 Å². The van der Waals surface area contributed by atoms with Crippen LogP contribution in [0.4, 0.5) is 0 Å². The van der Waals surface area contributed by atoms with Crippen LogP contribution in [0.3, 0.4) is 0 Å². The minimum atomic E-state index is -0.586. The Morgan fingerprint density at radius 2 is 0.745 bits per heavy atom. The lowest BCUT2D eigenvalue weighted by atomic mass is 10.3. The molecule has 0 amide bonds. The molecular formula is C34H58N4O13.